The van der Waals surface area contributed by atoms with Crippen molar-refractivity contribution in [1.82, 2.24) is 0 Å². The minimum atomic E-state index is -4.48. The van der Waals surface area contributed by atoms with E-state index in [4.69, 9.17) is 0 Å². The first kappa shape index (κ1) is 117. The predicted molar refractivity (Wildman–Crippen MR) is 547 cm³/mol. The zero-order valence-electron chi connectivity index (χ0n) is 81.8. The Kier molecular flexibility index (Phi) is 62.6. The normalized spacial score (nSPS) is 11.9. The van der Waals surface area contributed by atoms with Gasteiger partial charge in [0, 0.05) is 27.3 Å². The van der Waals surface area contributed by atoms with E-state index in [1.165, 1.54) is 403 Å². The van der Waals surface area contributed by atoms with Gasteiger partial charge in [-0.05, 0) is 239 Å². The molecule has 0 bridgehead atoms. The van der Waals surface area contributed by atoms with E-state index in [-0.39, 0.29) is 46.9 Å². The molecule has 4 radical (unpaired) electrons. The van der Waals surface area contributed by atoms with Crippen molar-refractivity contribution in [2.24, 2.45) is 0 Å². The van der Waals surface area contributed by atoms with Crippen molar-refractivity contribution in [1.29, 1.82) is 0 Å². The largest absolute Gasteiger partial charge is 0.744 e. The monoisotopic (exact) mass is 2050 g/mol. The quantitative estimate of drug-likeness (QED) is 0.0197. The van der Waals surface area contributed by atoms with Gasteiger partial charge in [-0.15, -0.1) is 0 Å². The molecule has 17 heteroatoms. The molecule has 0 aliphatic rings. The molecule has 0 N–H and O–H groups in total. The fraction of sp³-hybridized carbons (Fsp3) is 0.643. The summed E-state index contributed by atoms with van der Waals surface area (Å²) in [5.41, 5.74) is 10.2. The number of hydrogen-bond acceptors (Lipinski definition) is 12. The molecule has 0 amide bonds. The Morgan fingerprint density at radius 2 is 0.287 bits per heavy atom. The van der Waals surface area contributed by atoms with Crippen molar-refractivity contribution in [2.75, 3.05) is 0 Å². The zero-order valence-corrected chi connectivity index (χ0v) is 89.0. The van der Waals surface area contributed by atoms with Crippen LogP contribution < -0.4 is 0 Å². The van der Waals surface area contributed by atoms with Crippen LogP contribution in [0.3, 0.4) is 0 Å². The van der Waals surface area contributed by atoms with Crippen molar-refractivity contribution in [3.63, 3.8) is 0 Å². The van der Waals surface area contributed by atoms with Crippen LogP contribution >= 0.6 is 0 Å². The van der Waals surface area contributed by atoms with Crippen LogP contribution in [0.15, 0.2) is 141 Å². The molecule has 12 nitrogen and oxygen atoms in total. The van der Waals surface area contributed by atoms with Crippen LogP contribution in [0.1, 0.15) is 459 Å². The standard InChI is InChI=1S/4C28H44O3S.Pb/c4*1-3-5-7-9-11-13-15-18-24-22-26-20-17-21-28(32(29,30)31)27(26)23-25(24)19-16-14-12-10-8-6-4-2;/h4*17,20-23H,3-16,18-19H2,1-2H3,(H,29,30,31);/p-4. The molecule has 724 valence electrons. The maximum Gasteiger partial charge on any atom is 0.125 e. The van der Waals surface area contributed by atoms with Gasteiger partial charge in [0.1, 0.15) is 40.5 Å². The third kappa shape index (κ3) is 47.6. The number of rotatable bonds is 68. The number of benzene rings is 8. The molecular formula is C112H172O12PbS4-4. The fourth-order valence-electron chi connectivity index (χ4n) is 18.5. The Balaban J connectivity index is 0.000000359. The van der Waals surface area contributed by atoms with E-state index in [0.717, 1.165) is 98.6 Å². The van der Waals surface area contributed by atoms with E-state index < -0.39 is 40.5 Å². The van der Waals surface area contributed by atoms with Crippen molar-refractivity contribution >= 4 is 111 Å². The van der Waals surface area contributed by atoms with Gasteiger partial charge in [0.15, 0.2) is 0 Å². The van der Waals surface area contributed by atoms with Crippen LogP contribution in [-0.2, 0) is 91.8 Å². The fourth-order valence-corrected chi connectivity index (χ4v) is 21.2. The van der Waals surface area contributed by atoms with E-state index in [1.54, 1.807) is 24.3 Å². The SMILES string of the molecule is CCCCCCCCCc1cc2cccc(S(=O)(=O)[O-])c2cc1CCCCCCCCC.CCCCCCCCCc1cc2cccc(S(=O)(=O)[O-])c2cc1CCCCCCCCC.CCCCCCCCCc1cc2cccc(S(=O)(=O)[O-])c2cc1CCCCCCCCC.CCCCCCCCCc1cc2cccc(S(=O)(=O)[O-])c2cc1CCCCCCCCC.[Pb]. The van der Waals surface area contributed by atoms with Gasteiger partial charge in [-0.2, -0.15) is 0 Å². The van der Waals surface area contributed by atoms with Gasteiger partial charge in [-0.25, -0.2) is 33.7 Å². The Labute approximate surface area is 807 Å². The smallest absolute Gasteiger partial charge is 0.125 e. The molecule has 129 heavy (non-hydrogen) atoms. The molecule has 0 spiro atoms. The van der Waals surface area contributed by atoms with E-state index in [9.17, 15) is 51.9 Å². The predicted octanol–water partition coefficient (Wildman–Crippen LogP) is 32.9. The van der Waals surface area contributed by atoms with Gasteiger partial charge in [-0.3, -0.25) is 0 Å². The van der Waals surface area contributed by atoms with Gasteiger partial charge >= 0.3 is 0 Å². The molecule has 8 aromatic rings. The van der Waals surface area contributed by atoms with Crippen LogP contribution in [0.2, 0.25) is 0 Å². The van der Waals surface area contributed by atoms with Crippen molar-refractivity contribution < 1.29 is 51.9 Å². The molecule has 0 saturated carbocycles. The first-order valence-electron chi connectivity index (χ1n) is 51.9. The molecule has 0 unspecified atom stereocenters. The van der Waals surface area contributed by atoms with Gasteiger partial charge in [0.25, 0.3) is 0 Å². The van der Waals surface area contributed by atoms with Crippen LogP contribution in [0.5, 0.6) is 0 Å². The zero-order chi connectivity index (χ0) is 92.9. The molecule has 0 aromatic heterocycles. The Morgan fingerprint density at radius 3 is 0.411 bits per heavy atom. The molecular weight excluding hydrogens is 1870 g/mol. The minimum Gasteiger partial charge on any atom is -0.744 e. The topological polar surface area (TPSA) is 229 Å². The van der Waals surface area contributed by atoms with Crippen LogP contribution in [0.4, 0.5) is 0 Å². The third-order valence-electron chi connectivity index (χ3n) is 26.1. The summed E-state index contributed by atoms with van der Waals surface area (Å²) >= 11 is 0. The molecule has 8 rings (SSSR count). The molecule has 0 saturated heterocycles. The van der Waals surface area contributed by atoms with Crippen LogP contribution in [0, 0.1) is 0 Å². The van der Waals surface area contributed by atoms with Crippen molar-refractivity contribution in [2.45, 2.75) is 486 Å². The first-order chi connectivity index (χ1) is 61.9. The summed E-state index contributed by atoms with van der Waals surface area (Å²) in [4.78, 5) is -0.340. The Morgan fingerprint density at radius 1 is 0.171 bits per heavy atom. The molecule has 0 atom stereocenters. The average molecular weight is 2050 g/mol. The average Bonchev–Trinajstić information content (AvgIpc) is 0.797. The summed E-state index contributed by atoms with van der Waals surface area (Å²) in [5.74, 6) is 0. The van der Waals surface area contributed by atoms with Crippen molar-refractivity contribution in [3.05, 3.63) is 166 Å². The summed E-state index contributed by atoms with van der Waals surface area (Å²) in [6.45, 7) is 17.9. The minimum absolute atomic E-state index is 0. The van der Waals surface area contributed by atoms with Crippen LogP contribution in [-0.4, -0.2) is 79.2 Å². The molecule has 8 aromatic carbocycles. The summed E-state index contributed by atoms with van der Waals surface area (Å²) in [6.07, 6.45) is 79.0. The maximum absolute atomic E-state index is 11.8. The summed E-state index contributed by atoms with van der Waals surface area (Å²) in [5, 5.41) is 5.80. The van der Waals surface area contributed by atoms with E-state index in [0.29, 0.717) is 21.5 Å². The molecule has 0 aliphatic heterocycles. The molecule has 0 heterocycles. The third-order valence-corrected chi connectivity index (χ3v) is 29.7. The van der Waals surface area contributed by atoms with Gasteiger partial charge in [-0.1, -0.05) is 436 Å². The summed E-state index contributed by atoms with van der Waals surface area (Å²) < 4.78 is 142. The second-order valence-electron chi connectivity index (χ2n) is 37.2. The first-order valence-corrected chi connectivity index (χ1v) is 57.5. The number of fused-ring (bicyclic) bond motifs is 4. The summed E-state index contributed by atoms with van der Waals surface area (Å²) in [7, 11) is -17.9. The van der Waals surface area contributed by atoms with E-state index in [1.807, 2.05) is 48.5 Å². The van der Waals surface area contributed by atoms with Crippen LogP contribution in [0.25, 0.3) is 43.1 Å². The number of aryl methyl sites for hydroxylation is 8. The Hall–Kier alpha value is -4.64. The molecule has 0 fully saturated rings. The van der Waals surface area contributed by atoms with Gasteiger partial charge < -0.3 is 18.2 Å². The maximum atomic E-state index is 11.8. The van der Waals surface area contributed by atoms with Crippen molar-refractivity contribution in [3.8, 4) is 0 Å². The second-order valence-corrected chi connectivity index (χ2v) is 42.6. The molecule has 0 aliphatic carbocycles. The van der Waals surface area contributed by atoms with Gasteiger partial charge in [0.2, 0.25) is 0 Å². The number of hydrogen-bond donors (Lipinski definition) is 0. The van der Waals surface area contributed by atoms with E-state index >= 15 is 0 Å². The second kappa shape index (κ2) is 69.2. The van der Waals surface area contributed by atoms with E-state index in [2.05, 4.69) is 79.7 Å². The Bertz CT molecular complexity index is 4220. The summed E-state index contributed by atoms with van der Waals surface area (Å²) in [6, 6.07) is 36.7. The van der Waals surface area contributed by atoms with Gasteiger partial charge in [0.05, 0.1) is 19.6 Å². The number of unbranched alkanes of at least 4 members (excludes halogenated alkanes) is 48.